The van der Waals surface area contributed by atoms with Crippen LogP contribution >= 0.6 is 24.0 Å². The molecule has 178 valence electrons. The Morgan fingerprint density at radius 3 is 2.38 bits per heavy atom. The van der Waals surface area contributed by atoms with E-state index in [0.717, 1.165) is 71.3 Å². The molecule has 0 spiro atoms. The van der Waals surface area contributed by atoms with Crippen LogP contribution in [0.5, 0.6) is 0 Å². The molecular weight excluding hydrogens is 513 g/mol. The van der Waals surface area contributed by atoms with Crippen molar-refractivity contribution in [1.29, 1.82) is 0 Å². The van der Waals surface area contributed by atoms with Crippen LogP contribution in [-0.2, 0) is 4.74 Å². The minimum atomic E-state index is 0. The molecule has 0 aromatic heterocycles. The third-order valence-electron chi connectivity index (χ3n) is 7.13. The van der Waals surface area contributed by atoms with Crippen molar-refractivity contribution in [1.82, 2.24) is 20.0 Å². The Bertz CT molecular complexity index is 721. The number of likely N-dealkylation sites (tertiary alicyclic amines) is 1. The zero-order valence-corrected chi connectivity index (χ0v) is 21.9. The second kappa shape index (κ2) is 12.9. The summed E-state index contributed by atoms with van der Waals surface area (Å²) < 4.78 is 5.70. The van der Waals surface area contributed by atoms with Gasteiger partial charge in [0.2, 0.25) is 0 Å². The topological polar surface area (TPSA) is 43.3 Å². The molecule has 3 aliphatic heterocycles. The van der Waals surface area contributed by atoms with Crippen LogP contribution in [-0.4, -0.2) is 98.8 Å². The molecule has 6 nitrogen and oxygen atoms in total. The lowest BCUT2D eigenvalue weighted by atomic mass is 9.88. The molecule has 1 N–H and O–H groups in total. The van der Waals surface area contributed by atoms with Gasteiger partial charge in [-0.05, 0) is 44.3 Å². The van der Waals surface area contributed by atoms with Gasteiger partial charge in [0.05, 0.1) is 0 Å². The molecular formula is C25H40IN5O. The second-order valence-corrected chi connectivity index (χ2v) is 9.03. The summed E-state index contributed by atoms with van der Waals surface area (Å²) in [5.41, 5.74) is 1.50. The first-order valence-corrected chi connectivity index (χ1v) is 12.0. The Morgan fingerprint density at radius 2 is 1.72 bits per heavy atom. The lowest BCUT2D eigenvalue weighted by molar-refractivity contribution is -0.0167. The predicted molar refractivity (Wildman–Crippen MR) is 144 cm³/mol. The second-order valence-electron chi connectivity index (χ2n) is 9.03. The lowest BCUT2D eigenvalue weighted by Crippen LogP contribution is -2.60. The van der Waals surface area contributed by atoms with E-state index < -0.39 is 0 Å². The van der Waals surface area contributed by atoms with E-state index in [4.69, 9.17) is 4.74 Å². The summed E-state index contributed by atoms with van der Waals surface area (Å²) in [7, 11) is 1.92. The Balaban J connectivity index is 0.00000289. The number of piperazine rings is 1. The van der Waals surface area contributed by atoms with Crippen LogP contribution in [0.2, 0.25) is 0 Å². The van der Waals surface area contributed by atoms with Crippen molar-refractivity contribution in [3.63, 3.8) is 0 Å². The van der Waals surface area contributed by atoms with Gasteiger partial charge in [0, 0.05) is 65.1 Å². The summed E-state index contributed by atoms with van der Waals surface area (Å²) >= 11 is 0. The molecule has 0 unspecified atom stereocenters. The number of guanidine groups is 1. The average molecular weight is 554 g/mol. The number of nitrogens with zero attached hydrogens (tertiary/aromatic N) is 4. The number of ether oxygens (including phenoxy) is 1. The number of rotatable bonds is 6. The summed E-state index contributed by atoms with van der Waals surface area (Å²) in [5, 5.41) is 3.75. The van der Waals surface area contributed by atoms with Gasteiger partial charge in [-0.15, -0.1) is 24.0 Å². The molecule has 1 aromatic rings. The summed E-state index contributed by atoms with van der Waals surface area (Å²) in [6, 6.07) is 10.5. The molecule has 0 atom stereocenters. The number of halogens is 1. The highest BCUT2D eigenvalue weighted by molar-refractivity contribution is 14.0. The number of nitrogens with one attached hydrogen (secondary N) is 1. The van der Waals surface area contributed by atoms with Gasteiger partial charge in [-0.3, -0.25) is 14.8 Å². The highest BCUT2D eigenvalue weighted by Gasteiger charge is 2.40. The van der Waals surface area contributed by atoms with Gasteiger partial charge in [-0.2, -0.15) is 0 Å². The first-order chi connectivity index (χ1) is 15.3. The molecule has 7 heteroatoms. The Labute approximate surface area is 211 Å². The van der Waals surface area contributed by atoms with E-state index in [0.29, 0.717) is 0 Å². The standard InChI is InChI=1S/C25H39N5O.HI/c1-26-24(27-22-25(11-20-31-21-12-25)30-14-5-6-15-30)29-18-16-28(17-19-29)13-7-10-23-8-3-2-4-9-23;/h2-4,7-10H,5-6,11-22H2,1H3,(H,26,27);1H/b10-7+;. The molecule has 4 rings (SSSR count). The van der Waals surface area contributed by atoms with Crippen LogP contribution in [0, 0.1) is 0 Å². The van der Waals surface area contributed by atoms with Gasteiger partial charge in [0.1, 0.15) is 0 Å². The third kappa shape index (κ3) is 6.68. The molecule has 0 aliphatic carbocycles. The van der Waals surface area contributed by atoms with Crippen LogP contribution in [0.1, 0.15) is 31.2 Å². The van der Waals surface area contributed by atoms with Gasteiger partial charge in [-0.25, -0.2) is 0 Å². The average Bonchev–Trinajstić information content (AvgIpc) is 3.38. The monoisotopic (exact) mass is 553 g/mol. The zero-order chi connectivity index (χ0) is 21.4. The summed E-state index contributed by atoms with van der Waals surface area (Å²) in [6.07, 6.45) is 9.41. The molecule has 3 heterocycles. The smallest absolute Gasteiger partial charge is 0.193 e. The van der Waals surface area contributed by atoms with E-state index >= 15 is 0 Å². The van der Waals surface area contributed by atoms with Gasteiger partial charge in [0.15, 0.2) is 5.96 Å². The van der Waals surface area contributed by atoms with Crippen molar-refractivity contribution in [2.75, 3.05) is 72.6 Å². The fourth-order valence-corrected chi connectivity index (χ4v) is 5.17. The van der Waals surface area contributed by atoms with E-state index in [2.05, 4.69) is 67.5 Å². The summed E-state index contributed by atoms with van der Waals surface area (Å²) in [5.74, 6) is 1.06. The van der Waals surface area contributed by atoms with Gasteiger partial charge >= 0.3 is 0 Å². The first kappa shape index (κ1) is 25.5. The van der Waals surface area contributed by atoms with Gasteiger partial charge in [-0.1, -0.05) is 42.5 Å². The number of hydrogen-bond donors (Lipinski definition) is 1. The molecule has 0 bridgehead atoms. The minimum absolute atomic E-state index is 0. The minimum Gasteiger partial charge on any atom is -0.381 e. The van der Waals surface area contributed by atoms with Crippen LogP contribution in [0.15, 0.2) is 41.4 Å². The van der Waals surface area contributed by atoms with Crippen molar-refractivity contribution >= 4 is 36.0 Å². The SMILES string of the molecule is CN=C(NCC1(N2CCCC2)CCOCC1)N1CCN(C/C=C/c2ccccc2)CC1.I. The Morgan fingerprint density at radius 1 is 1.03 bits per heavy atom. The van der Waals surface area contributed by atoms with Crippen LogP contribution in [0.25, 0.3) is 6.08 Å². The molecule has 1 aromatic carbocycles. The van der Waals surface area contributed by atoms with Crippen molar-refractivity contribution in [2.45, 2.75) is 31.2 Å². The molecule has 0 amide bonds. The predicted octanol–water partition coefficient (Wildman–Crippen LogP) is 3.16. The highest BCUT2D eigenvalue weighted by atomic mass is 127. The van der Waals surface area contributed by atoms with E-state index in [1.54, 1.807) is 0 Å². The maximum Gasteiger partial charge on any atom is 0.193 e. The van der Waals surface area contributed by atoms with Crippen molar-refractivity contribution in [3.05, 3.63) is 42.0 Å². The lowest BCUT2D eigenvalue weighted by Gasteiger charge is -2.45. The van der Waals surface area contributed by atoms with Crippen molar-refractivity contribution < 1.29 is 4.74 Å². The molecule has 3 fully saturated rings. The normalized spacial score (nSPS) is 22.8. The molecule has 3 saturated heterocycles. The van der Waals surface area contributed by atoms with Crippen LogP contribution < -0.4 is 5.32 Å². The van der Waals surface area contributed by atoms with E-state index in [-0.39, 0.29) is 29.5 Å². The number of hydrogen-bond acceptors (Lipinski definition) is 4. The van der Waals surface area contributed by atoms with Crippen LogP contribution in [0.4, 0.5) is 0 Å². The van der Waals surface area contributed by atoms with Gasteiger partial charge in [0.25, 0.3) is 0 Å². The Hall–Kier alpha value is -1.16. The fourth-order valence-electron chi connectivity index (χ4n) is 5.17. The highest BCUT2D eigenvalue weighted by Crippen LogP contribution is 2.30. The molecule has 0 radical (unpaired) electrons. The number of benzene rings is 1. The summed E-state index contributed by atoms with van der Waals surface area (Å²) in [4.78, 5) is 12.3. The van der Waals surface area contributed by atoms with Crippen LogP contribution in [0.3, 0.4) is 0 Å². The first-order valence-electron chi connectivity index (χ1n) is 12.0. The fraction of sp³-hybridized carbons (Fsp3) is 0.640. The van der Waals surface area contributed by atoms with Crippen molar-refractivity contribution in [2.24, 2.45) is 4.99 Å². The van der Waals surface area contributed by atoms with Crippen molar-refractivity contribution in [3.8, 4) is 0 Å². The van der Waals surface area contributed by atoms with Gasteiger partial charge < -0.3 is 15.0 Å². The number of aliphatic imine (C=N–C) groups is 1. The largest absolute Gasteiger partial charge is 0.381 e. The molecule has 32 heavy (non-hydrogen) atoms. The maximum absolute atomic E-state index is 5.70. The third-order valence-corrected chi connectivity index (χ3v) is 7.13. The van der Waals surface area contributed by atoms with E-state index in [1.807, 2.05) is 7.05 Å². The zero-order valence-electron chi connectivity index (χ0n) is 19.5. The Kier molecular flexibility index (Phi) is 10.3. The summed E-state index contributed by atoms with van der Waals surface area (Å²) in [6.45, 7) is 10.4. The maximum atomic E-state index is 5.70. The molecule has 0 saturated carbocycles. The van der Waals surface area contributed by atoms with E-state index in [1.165, 1.54) is 31.5 Å². The molecule has 3 aliphatic rings. The quantitative estimate of drug-likeness (QED) is 0.333. The van der Waals surface area contributed by atoms with E-state index in [9.17, 15) is 0 Å².